The molecule has 0 aliphatic carbocycles. The van der Waals surface area contributed by atoms with E-state index in [1.54, 1.807) is 0 Å². The highest BCUT2D eigenvalue weighted by Gasteiger charge is 2.14. The van der Waals surface area contributed by atoms with Crippen LogP contribution in [0.25, 0.3) is 0 Å². The number of carbonyl (C=O) groups is 1. The fourth-order valence-corrected chi connectivity index (χ4v) is 1.17. The summed E-state index contributed by atoms with van der Waals surface area (Å²) >= 11 is 4.52. The third-order valence-electron chi connectivity index (χ3n) is 1.92. The molecule has 6 N–H and O–H groups in total. The van der Waals surface area contributed by atoms with Gasteiger partial charge in [0.05, 0.1) is 6.42 Å². The van der Waals surface area contributed by atoms with Crippen molar-refractivity contribution in [3.05, 3.63) is 23.8 Å². The molecule has 0 aliphatic heterocycles. The summed E-state index contributed by atoms with van der Waals surface area (Å²) in [6.45, 7) is 0. The van der Waals surface area contributed by atoms with Gasteiger partial charge in [-0.3, -0.25) is 4.79 Å². The molecule has 1 aromatic rings. The Kier molecular flexibility index (Phi) is 3.64. The fraction of sp³-hybridized carbons (Fsp3) is 0.111. The Morgan fingerprint density at radius 3 is 2.56 bits per heavy atom. The van der Waals surface area contributed by atoms with E-state index in [9.17, 15) is 9.90 Å². The van der Waals surface area contributed by atoms with Crippen molar-refractivity contribution in [3.8, 4) is 11.5 Å². The molecule has 1 amide bonds. The monoisotopic (exact) mass is 241 g/mol. The Labute approximate surface area is 97.0 Å². The maximum atomic E-state index is 11.5. The van der Waals surface area contributed by atoms with Crippen LogP contribution in [0.4, 0.5) is 0 Å². The summed E-state index contributed by atoms with van der Waals surface area (Å²) in [6, 6.07) is 3.89. The molecule has 7 heteroatoms. The number of hydrazine groups is 1. The highest BCUT2D eigenvalue weighted by Crippen LogP contribution is 2.23. The first kappa shape index (κ1) is 12.2. The lowest BCUT2D eigenvalue weighted by molar-refractivity contribution is -0.126. The second-order valence-corrected chi connectivity index (χ2v) is 3.51. The summed E-state index contributed by atoms with van der Waals surface area (Å²) in [6.07, 6.45) is -0.153. The minimum atomic E-state index is -0.548. The van der Waals surface area contributed by atoms with Crippen LogP contribution in [0.5, 0.6) is 11.5 Å². The molecule has 0 fully saturated rings. The van der Waals surface area contributed by atoms with Crippen LogP contribution in [0.15, 0.2) is 18.2 Å². The van der Waals surface area contributed by atoms with E-state index < -0.39 is 5.91 Å². The molecule has 0 aliphatic rings. The third kappa shape index (κ3) is 2.81. The van der Waals surface area contributed by atoms with Gasteiger partial charge in [0, 0.05) is 11.6 Å². The van der Waals surface area contributed by atoms with Crippen LogP contribution < -0.4 is 11.6 Å². The molecule has 1 aromatic carbocycles. The predicted octanol–water partition coefficient (Wildman–Crippen LogP) is -0.414. The molecule has 0 atom stereocenters. The van der Waals surface area contributed by atoms with E-state index in [4.69, 9.17) is 16.7 Å². The van der Waals surface area contributed by atoms with Gasteiger partial charge in [-0.25, -0.2) is 10.9 Å². The first-order chi connectivity index (χ1) is 7.41. The molecule has 0 heterocycles. The average molecular weight is 241 g/mol. The van der Waals surface area contributed by atoms with Crippen molar-refractivity contribution >= 4 is 23.2 Å². The lowest BCUT2D eigenvalue weighted by Crippen LogP contribution is -2.46. The molecular weight excluding hydrogens is 230 g/mol. The van der Waals surface area contributed by atoms with E-state index in [0.717, 1.165) is 6.07 Å². The van der Waals surface area contributed by atoms with Crippen LogP contribution in [-0.4, -0.2) is 26.2 Å². The van der Waals surface area contributed by atoms with Crippen LogP contribution in [0, 0.1) is 0 Å². The molecule has 6 nitrogen and oxygen atoms in total. The minimum absolute atomic E-state index is 0.0901. The van der Waals surface area contributed by atoms with E-state index in [1.807, 2.05) is 0 Å². The zero-order chi connectivity index (χ0) is 12.3. The summed E-state index contributed by atoms with van der Waals surface area (Å²) in [4.78, 5) is 11.5. The average Bonchev–Trinajstić information content (AvgIpc) is 2.20. The summed E-state index contributed by atoms with van der Waals surface area (Å²) in [7, 11) is 0. The molecule has 0 radical (unpaired) electrons. The zero-order valence-electron chi connectivity index (χ0n) is 8.25. The summed E-state index contributed by atoms with van der Waals surface area (Å²) in [5.74, 6) is 4.45. The van der Waals surface area contributed by atoms with Gasteiger partial charge in [0.15, 0.2) is 5.11 Å². The number of hydrogen-bond donors (Lipinski definition) is 4. The van der Waals surface area contributed by atoms with E-state index >= 15 is 0 Å². The van der Waals surface area contributed by atoms with E-state index in [-0.39, 0.29) is 23.0 Å². The highest BCUT2D eigenvalue weighted by atomic mass is 32.1. The number of hydrogen-bond acceptors (Lipinski definition) is 5. The van der Waals surface area contributed by atoms with Gasteiger partial charge in [-0.2, -0.15) is 0 Å². The largest absolute Gasteiger partial charge is 0.508 e. The summed E-state index contributed by atoms with van der Waals surface area (Å²) in [5, 5.41) is 18.9. The number of nitrogens with zero attached hydrogens (tertiary/aromatic N) is 1. The molecule has 0 saturated carbocycles. The van der Waals surface area contributed by atoms with Crippen molar-refractivity contribution in [2.45, 2.75) is 6.42 Å². The van der Waals surface area contributed by atoms with Crippen molar-refractivity contribution in [1.29, 1.82) is 0 Å². The standard InChI is InChI=1S/C9H11N3O3S/c10-9(16)12(11)8(15)3-5-1-2-6(13)4-7(5)14/h1-2,4,13-14H,3,11H2,(H2,10,16). The first-order valence-electron chi connectivity index (χ1n) is 4.29. The Morgan fingerprint density at radius 2 is 2.06 bits per heavy atom. The number of amides is 1. The third-order valence-corrected chi connectivity index (χ3v) is 2.11. The number of benzene rings is 1. The second-order valence-electron chi connectivity index (χ2n) is 3.09. The van der Waals surface area contributed by atoms with Crippen LogP contribution in [-0.2, 0) is 11.2 Å². The van der Waals surface area contributed by atoms with Gasteiger partial charge in [0.1, 0.15) is 11.5 Å². The maximum Gasteiger partial charge on any atom is 0.247 e. The molecule has 0 aromatic heterocycles. The van der Waals surface area contributed by atoms with Crippen LogP contribution >= 0.6 is 12.2 Å². The molecule has 0 saturated heterocycles. The Bertz CT molecular complexity index is 436. The van der Waals surface area contributed by atoms with E-state index in [1.165, 1.54) is 12.1 Å². The summed E-state index contributed by atoms with van der Waals surface area (Å²) in [5.41, 5.74) is 5.49. The van der Waals surface area contributed by atoms with Gasteiger partial charge >= 0.3 is 0 Å². The van der Waals surface area contributed by atoms with Crippen molar-refractivity contribution in [2.24, 2.45) is 11.6 Å². The normalized spacial score (nSPS) is 9.81. The molecule has 0 spiro atoms. The van der Waals surface area contributed by atoms with Crippen molar-refractivity contribution in [1.82, 2.24) is 5.01 Å². The van der Waals surface area contributed by atoms with Gasteiger partial charge in [-0.15, -0.1) is 0 Å². The molecule has 1 rings (SSSR count). The number of nitrogens with two attached hydrogens (primary N) is 2. The van der Waals surface area contributed by atoms with Crippen LogP contribution in [0.1, 0.15) is 5.56 Å². The molecule has 16 heavy (non-hydrogen) atoms. The lowest BCUT2D eigenvalue weighted by Gasteiger charge is -2.14. The van der Waals surface area contributed by atoms with Gasteiger partial charge in [-0.05, 0) is 18.3 Å². The molecule has 0 bridgehead atoms. The van der Waals surface area contributed by atoms with Gasteiger partial charge in [0.25, 0.3) is 0 Å². The Balaban J connectivity index is 2.81. The van der Waals surface area contributed by atoms with E-state index in [0.29, 0.717) is 10.6 Å². The number of carbonyl (C=O) groups excluding carboxylic acids is 1. The zero-order valence-corrected chi connectivity index (χ0v) is 9.07. The highest BCUT2D eigenvalue weighted by molar-refractivity contribution is 7.80. The van der Waals surface area contributed by atoms with Crippen molar-refractivity contribution in [2.75, 3.05) is 0 Å². The number of thiocarbonyl (C=S) groups is 1. The number of phenolic OH excluding ortho intramolecular Hbond substituents is 2. The van der Waals surface area contributed by atoms with Crippen molar-refractivity contribution < 1.29 is 15.0 Å². The second kappa shape index (κ2) is 4.77. The van der Waals surface area contributed by atoms with Crippen molar-refractivity contribution in [3.63, 3.8) is 0 Å². The smallest absolute Gasteiger partial charge is 0.247 e. The van der Waals surface area contributed by atoms with Crippen LogP contribution in [0.2, 0.25) is 0 Å². The Morgan fingerprint density at radius 1 is 1.44 bits per heavy atom. The minimum Gasteiger partial charge on any atom is -0.508 e. The van der Waals surface area contributed by atoms with Gasteiger partial charge in [0.2, 0.25) is 5.91 Å². The van der Waals surface area contributed by atoms with Crippen LogP contribution in [0.3, 0.4) is 0 Å². The maximum absolute atomic E-state index is 11.5. The number of aromatic hydroxyl groups is 2. The number of phenols is 2. The SMILES string of the molecule is NC(=S)N(N)C(=O)Cc1ccc(O)cc1O. The molecular formula is C9H11N3O3S. The predicted molar refractivity (Wildman–Crippen MR) is 61.3 cm³/mol. The van der Waals surface area contributed by atoms with Gasteiger partial charge in [-0.1, -0.05) is 6.07 Å². The fourth-order valence-electron chi connectivity index (χ4n) is 1.07. The lowest BCUT2D eigenvalue weighted by atomic mass is 10.1. The quantitative estimate of drug-likeness (QED) is 0.242. The van der Waals surface area contributed by atoms with Gasteiger partial charge < -0.3 is 15.9 Å². The summed E-state index contributed by atoms with van der Waals surface area (Å²) < 4.78 is 0. The first-order valence-corrected chi connectivity index (χ1v) is 4.70. The molecule has 0 unspecified atom stereocenters. The van der Waals surface area contributed by atoms with E-state index in [2.05, 4.69) is 12.2 Å². The Hall–Kier alpha value is -1.86. The number of rotatable bonds is 2. The molecule has 86 valence electrons. The topological polar surface area (TPSA) is 113 Å².